The predicted octanol–water partition coefficient (Wildman–Crippen LogP) is 1.72. The average molecular weight is 382 g/mol. The molecule has 3 N–H and O–H groups in total. The molecule has 0 bridgehead atoms. The highest BCUT2D eigenvalue weighted by atomic mass is 32.2. The zero-order valence-corrected chi connectivity index (χ0v) is 16.5. The normalized spacial score (nSPS) is 20.1. The Bertz CT molecular complexity index is 677. The molecule has 1 aliphatic rings. The van der Waals surface area contributed by atoms with Gasteiger partial charge in [-0.15, -0.1) is 0 Å². The van der Waals surface area contributed by atoms with Gasteiger partial charge >= 0.3 is 0 Å². The second kappa shape index (κ2) is 9.48. The van der Waals surface area contributed by atoms with Crippen molar-refractivity contribution in [2.24, 2.45) is 17.6 Å². The standard InChI is InChI=1S/C19H31N3O3S/c1-15(2)11-18(12-20)21-19(23)17-9-6-10-22(13-17)26(24,25)14-16-7-4-3-5-8-16/h3-5,7-8,15,17-18H,6,9-14,20H2,1-2H3,(H,21,23). The highest BCUT2D eigenvalue weighted by molar-refractivity contribution is 7.88. The van der Waals surface area contributed by atoms with Crippen molar-refractivity contribution in [2.45, 2.75) is 44.9 Å². The van der Waals surface area contributed by atoms with Crippen molar-refractivity contribution >= 4 is 15.9 Å². The maximum Gasteiger partial charge on any atom is 0.224 e. The Morgan fingerprint density at radius 3 is 2.62 bits per heavy atom. The fourth-order valence-corrected chi connectivity index (χ4v) is 5.00. The van der Waals surface area contributed by atoms with Gasteiger partial charge in [0.25, 0.3) is 0 Å². The van der Waals surface area contributed by atoms with Crippen molar-refractivity contribution in [1.82, 2.24) is 9.62 Å². The Balaban J connectivity index is 1.98. The second-order valence-corrected chi connectivity index (χ2v) is 9.48. The van der Waals surface area contributed by atoms with Gasteiger partial charge in [-0.05, 0) is 30.7 Å². The summed E-state index contributed by atoms with van der Waals surface area (Å²) in [5.41, 5.74) is 6.52. The van der Waals surface area contributed by atoms with Gasteiger partial charge in [0.15, 0.2) is 0 Å². The van der Waals surface area contributed by atoms with E-state index in [1.165, 1.54) is 4.31 Å². The van der Waals surface area contributed by atoms with Crippen molar-refractivity contribution < 1.29 is 13.2 Å². The molecule has 0 spiro atoms. The van der Waals surface area contributed by atoms with Crippen LogP contribution >= 0.6 is 0 Å². The number of hydrogen-bond donors (Lipinski definition) is 2. The van der Waals surface area contributed by atoms with Gasteiger partial charge in [-0.2, -0.15) is 0 Å². The average Bonchev–Trinajstić information content (AvgIpc) is 2.61. The van der Waals surface area contributed by atoms with Crippen LogP contribution in [0.5, 0.6) is 0 Å². The molecule has 2 rings (SSSR count). The zero-order valence-electron chi connectivity index (χ0n) is 15.7. The fraction of sp³-hybridized carbons (Fsp3) is 0.632. The summed E-state index contributed by atoms with van der Waals surface area (Å²) in [7, 11) is -3.43. The Labute approximate surface area is 157 Å². The van der Waals surface area contributed by atoms with Crippen molar-refractivity contribution in [1.29, 1.82) is 0 Å². The summed E-state index contributed by atoms with van der Waals surface area (Å²) in [6, 6.07) is 9.09. The molecule has 1 aliphatic heterocycles. The second-order valence-electron chi connectivity index (χ2n) is 7.51. The molecule has 0 aliphatic carbocycles. The van der Waals surface area contributed by atoms with E-state index >= 15 is 0 Å². The number of nitrogens with zero attached hydrogens (tertiary/aromatic N) is 1. The molecule has 1 fully saturated rings. The number of benzene rings is 1. The first kappa shape index (κ1) is 20.9. The third-order valence-corrected chi connectivity index (χ3v) is 6.54. The van der Waals surface area contributed by atoms with E-state index in [1.807, 2.05) is 30.3 Å². The summed E-state index contributed by atoms with van der Waals surface area (Å²) < 4.78 is 26.9. The van der Waals surface area contributed by atoms with Gasteiger partial charge in [-0.1, -0.05) is 44.2 Å². The highest BCUT2D eigenvalue weighted by Gasteiger charge is 2.33. The van der Waals surface area contributed by atoms with Gasteiger partial charge in [0.05, 0.1) is 11.7 Å². The molecular weight excluding hydrogens is 350 g/mol. The maximum absolute atomic E-state index is 12.7. The molecule has 6 nitrogen and oxygen atoms in total. The van der Waals surface area contributed by atoms with Crippen LogP contribution in [0, 0.1) is 11.8 Å². The molecule has 7 heteroatoms. The molecular formula is C19H31N3O3S. The Kier molecular flexibility index (Phi) is 7.61. The van der Waals surface area contributed by atoms with Crippen molar-refractivity contribution in [2.75, 3.05) is 19.6 Å². The van der Waals surface area contributed by atoms with Crippen LogP contribution in [0.3, 0.4) is 0 Å². The third kappa shape index (κ3) is 6.07. The SMILES string of the molecule is CC(C)CC(CN)NC(=O)C1CCCN(S(=O)(=O)Cc2ccccc2)C1. The van der Waals surface area contributed by atoms with Crippen molar-refractivity contribution in [3.63, 3.8) is 0 Å². The Morgan fingerprint density at radius 2 is 2.00 bits per heavy atom. The predicted molar refractivity (Wildman–Crippen MR) is 104 cm³/mol. The molecule has 2 unspecified atom stereocenters. The molecule has 26 heavy (non-hydrogen) atoms. The van der Waals surface area contributed by atoms with Gasteiger partial charge in [0.2, 0.25) is 15.9 Å². The van der Waals surface area contributed by atoms with Gasteiger partial charge in [-0.25, -0.2) is 12.7 Å². The number of carbonyl (C=O) groups is 1. The number of nitrogens with one attached hydrogen (secondary N) is 1. The number of carbonyl (C=O) groups excluding carboxylic acids is 1. The van der Waals surface area contributed by atoms with E-state index in [4.69, 9.17) is 5.73 Å². The molecule has 0 saturated carbocycles. The summed E-state index contributed by atoms with van der Waals surface area (Å²) in [6.07, 6.45) is 2.23. The van der Waals surface area contributed by atoms with E-state index in [1.54, 1.807) is 0 Å². The van der Waals surface area contributed by atoms with Crippen LogP contribution in [0.4, 0.5) is 0 Å². The van der Waals surface area contributed by atoms with Crippen LogP contribution in [0.15, 0.2) is 30.3 Å². The minimum absolute atomic E-state index is 0.0268. The number of hydrogen-bond acceptors (Lipinski definition) is 4. The lowest BCUT2D eigenvalue weighted by atomic mass is 9.97. The molecule has 0 aromatic heterocycles. The number of nitrogens with two attached hydrogens (primary N) is 1. The minimum Gasteiger partial charge on any atom is -0.352 e. The van der Waals surface area contributed by atoms with Gasteiger partial charge in [0, 0.05) is 25.7 Å². The quantitative estimate of drug-likeness (QED) is 0.717. The Hall–Kier alpha value is -1.44. The lowest BCUT2D eigenvalue weighted by molar-refractivity contribution is -0.126. The van der Waals surface area contributed by atoms with E-state index in [0.717, 1.165) is 12.0 Å². The number of sulfonamides is 1. The van der Waals surface area contributed by atoms with Crippen LogP contribution in [0.25, 0.3) is 0 Å². The van der Waals surface area contributed by atoms with E-state index in [0.29, 0.717) is 31.8 Å². The van der Waals surface area contributed by atoms with Gasteiger partial charge in [0.1, 0.15) is 0 Å². The molecule has 1 amide bonds. The number of rotatable bonds is 8. The maximum atomic E-state index is 12.7. The molecule has 1 heterocycles. The molecule has 146 valence electrons. The van der Waals surface area contributed by atoms with Crippen LogP contribution in [0.1, 0.15) is 38.7 Å². The fourth-order valence-electron chi connectivity index (χ4n) is 3.39. The van der Waals surface area contributed by atoms with Crippen LogP contribution in [-0.2, 0) is 20.6 Å². The van der Waals surface area contributed by atoms with Crippen molar-refractivity contribution in [3.05, 3.63) is 35.9 Å². The molecule has 0 radical (unpaired) electrons. The largest absolute Gasteiger partial charge is 0.352 e. The lowest BCUT2D eigenvalue weighted by Crippen LogP contribution is -2.49. The summed E-state index contributed by atoms with van der Waals surface area (Å²) in [5.74, 6) is 0.0233. The first-order valence-electron chi connectivity index (χ1n) is 9.34. The minimum atomic E-state index is -3.43. The van der Waals surface area contributed by atoms with Crippen LogP contribution < -0.4 is 11.1 Å². The first-order valence-corrected chi connectivity index (χ1v) is 10.9. The topological polar surface area (TPSA) is 92.5 Å². The monoisotopic (exact) mass is 381 g/mol. The van der Waals surface area contributed by atoms with E-state index in [2.05, 4.69) is 19.2 Å². The number of piperidine rings is 1. The zero-order chi connectivity index (χ0) is 19.2. The summed E-state index contributed by atoms with van der Waals surface area (Å²) in [5, 5.41) is 3.00. The Morgan fingerprint density at radius 1 is 1.31 bits per heavy atom. The smallest absolute Gasteiger partial charge is 0.224 e. The van der Waals surface area contributed by atoms with E-state index < -0.39 is 10.0 Å². The first-order chi connectivity index (χ1) is 12.3. The number of amides is 1. The molecule has 1 aromatic rings. The summed E-state index contributed by atoms with van der Waals surface area (Å²) >= 11 is 0. The van der Waals surface area contributed by atoms with E-state index in [9.17, 15) is 13.2 Å². The molecule has 2 atom stereocenters. The third-order valence-electron chi connectivity index (χ3n) is 4.73. The van der Waals surface area contributed by atoms with E-state index in [-0.39, 0.29) is 30.2 Å². The summed E-state index contributed by atoms with van der Waals surface area (Å²) in [4.78, 5) is 12.6. The van der Waals surface area contributed by atoms with Gasteiger partial charge < -0.3 is 11.1 Å². The lowest BCUT2D eigenvalue weighted by Gasteiger charge is -2.32. The molecule has 1 aromatic carbocycles. The van der Waals surface area contributed by atoms with Gasteiger partial charge in [-0.3, -0.25) is 4.79 Å². The highest BCUT2D eigenvalue weighted by Crippen LogP contribution is 2.22. The summed E-state index contributed by atoms with van der Waals surface area (Å²) in [6.45, 7) is 5.30. The van der Waals surface area contributed by atoms with Crippen LogP contribution in [-0.4, -0.2) is 44.3 Å². The molecule has 1 saturated heterocycles. The van der Waals surface area contributed by atoms with Crippen LogP contribution in [0.2, 0.25) is 0 Å². The van der Waals surface area contributed by atoms with Crippen molar-refractivity contribution in [3.8, 4) is 0 Å².